The number of nitrogens with zero attached hydrogens (tertiary/aromatic N) is 3. The first kappa shape index (κ1) is 17.9. The summed E-state index contributed by atoms with van der Waals surface area (Å²) in [5, 5.41) is 0. The maximum Gasteiger partial charge on any atom is 0.313 e. The predicted molar refractivity (Wildman–Crippen MR) is 88.7 cm³/mol. The molecule has 0 aromatic rings. The fourth-order valence-electron chi connectivity index (χ4n) is 1.81. The molecule has 1 saturated heterocycles. The minimum Gasteiger partial charge on any atom is -0.344 e. The van der Waals surface area contributed by atoms with Gasteiger partial charge < -0.3 is 18.8 Å². The van der Waals surface area contributed by atoms with Crippen LogP contribution in [0.2, 0.25) is 0 Å². The van der Waals surface area contributed by atoms with E-state index >= 15 is 0 Å². The second kappa shape index (κ2) is 5.91. The summed E-state index contributed by atoms with van der Waals surface area (Å²) < 4.78 is 16.7. The summed E-state index contributed by atoms with van der Waals surface area (Å²) in [6.45, 7) is 11.0. The lowest BCUT2D eigenvalue weighted by Crippen LogP contribution is -2.30. The third-order valence-electron chi connectivity index (χ3n) is 2.44. The molecule has 1 fully saturated rings. The summed E-state index contributed by atoms with van der Waals surface area (Å²) in [5.74, 6) is 0.849. The van der Waals surface area contributed by atoms with Crippen molar-refractivity contribution in [2.75, 3.05) is 27.2 Å². The first-order valence-corrected chi connectivity index (χ1v) is 9.44. The van der Waals surface area contributed by atoms with Gasteiger partial charge in [0.15, 0.2) is 0 Å². The summed E-state index contributed by atoms with van der Waals surface area (Å²) in [5.41, 5.74) is -0.777. The van der Waals surface area contributed by atoms with Gasteiger partial charge in [0, 0.05) is 27.2 Å². The van der Waals surface area contributed by atoms with Crippen molar-refractivity contribution >= 4 is 24.4 Å². The maximum atomic E-state index is 6.02. The van der Waals surface area contributed by atoms with E-state index in [0.29, 0.717) is 0 Å². The highest BCUT2D eigenvalue weighted by molar-refractivity contribution is 8.09. The number of likely N-dealkylation sites (N-methyl/N-ethyl adjacent to an activating group) is 2. The van der Waals surface area contributed by atoms with Crippen molar-refractivity contribution in [1.82, 2.24) is 9.80 Å². The van der Waals surface area contributed by atoms with E-state index in [4.69, 9.17) is 25.6 Å². The van der Waals surface area contributed by atoms with Crippen LogP contribution in [-0.4, -0.2) is 54.1 Å². The van der Waals surface area contributed by atoms with Crippen molar-refractivity contribution in [1.29, 1.82) is 0 Å². The molecule has 0 bridgehead atoms. The molecule has 0 unspecified atom stereocenters. The number of guanidine groups is 1. The largest absolute Gasteiger partial charge is 0.344 e. The zero-order valence-corrected chi connectivity index (χ0v) is 15.6. The van der Waals surface area contributed by atoms with Gasteiger partial charge in [0.25, 0.3) is 0 Å². The minimum atomic E-state index is -2.75. The van der Waals surface area contributed by atoms with Crippen LogP contribution in [0, 0.1) is 0 Å². The second-order valence-corrected chi connectivity index (χ2v) is 10.0. The summed E-state index contributed by atoms with van der Waals surface area (Å²) in [6.07, 6.45) is 0. The van der Waals surface area contributed by atoms with Crippen LogP contribution in [-0.2, 0) is 20.9 Å². The molecule has 1 rings (SSSR count). The zero-order chi connectivity index (χ0) is 15.8. The van der Waals surface area contributed by atoms with E-state index in [-0.39, 0.29) is 11.2 Å². The number of hydrogen-bond donors (Lipinski definition) is 0. The third-order valence-corrected chi connectivity index (χ3v) is 5.12. The summed E-state index contributed by atoms with van der Waals surface area (Å²) in [6, 6.07) is 0. The highest BCUT2D eigenvalue weighted by Crippen LogP contribution is 2.56. The molecule has 0 saturated carbocycles. The molecule has 5 nitrogen and oxygen atoms in total. The van der Waals surface area contributed by atoms with E-state index in [1.54, 1.807) is 0 Å². The maximum absolute atomic E-state index is 6.02. The molecule has 1 aliphatic heterocycles. The van der Waals surface area contributed by atoms with Crippen molar-refractivity contribution in [2.24, 2.45) is 4.76 Å². The van der Waals surface area contributed by atoms with E-state index in [1.807, 2.05) is 55.6 Å². The Kier molecular flexibility index (Phi) is 5.29. The zero-order valence-electron chi connectivity index (χ0n) is 13.9. The van der Waals surface area contributed by atoms with Crippen LogP contribution in [0.4, 0.5) is 0 Å². The fourth-order valence-corrected chi connectivity index (χ4v) is 5.39. The number of rotatable bonds is 3. The quantitative estimate of drug-likeness (QED) is 0.747. The molecule has 118 valence electrons. The lowest BCUT2D eigenvalue weighted by Gasteiger charge is -2.33. The Morgan fingerprint density at radius 1 is 0.950 bits per heavy atom. The monoisotopic (exact) mass is 321 g/mol. The van der Waals surface area contributed by atoms with Crippen LogP contribution in [0.25, 0.3) is 0 Å². The highest BCUT2D eigenvalue weighted by Gasteiger charge is 2.33. The minimum absolute atomic E-state index is 0.388. The Bertz CT molecular complexity index is 394. The molecule has 0 N–H and O–H groups in total. The molecular formula is C13H28N3O2PS. The summed E-state index contributed by atoms with van der Waals surface area (Å²) >= 11 is 5.67. The highest BCUT2D eigenvalue weighted by atomic mass is 32.5. The van der Waals surface area contributed by atoms with Crippen LogP contribution >= 0.6 is 6.64 Å². The average molecular weight is 321 g/mol. The summed E-state index contributed by atoms with van der Waals surface area (Å²) in [4.78, 5) is 4.16. The van der Waals surface area contributed by atoms with Crippen molar-refractivity contribution in [3.8, 4) is 0 Å². The lowest BCUT2D eigenvalue weighted by molar-refractivity contribution is 0.0714. The van der Waals surface area contributed by atoms with Crippen LogP contribution < -0.4 is 0 Å². The third kappa shape index (κ3) is 5.68. The van der Waals surface area contributed by atoms with Gasteiger partial charge in [-0.25, -0.2) is 0 Å². The van der Waals surface area contributed by atoms with E-state index in [1.165, 1.54) is 0 Å². The molecule has 0 amide bonds. The molecule has 0 aliphatic carbocycles. The SMILES string of the molecule is CN1CCN(C)C1=NP(=S)(OC(C)(C)C)OC(C)(C)C. The fraction of sp³-hybridized carbons (Fsp3) is 0.923. The Morgan fingerprint density at radius 2 is 1.30 bits per heavy atom. The van der Waals surface area contributed by atoms with E-state index in [0.717, 1.165) is 19.0 Å². The smallest absolute Gasteiger partial charge is 0.313 e. The average Bonchev–Trinajstić information content (AvgIpc) is 2.42. The van der Waals surface area contributed by atoms with Crippen LogP contribution in [0.1, 0.15) is 41.5 Å². The summed E-state index contributed by atoms with van der Waals surface area (Å²) in [7, 11) is 4.02. The van der Waals surface area contributed by atoms with E-state index < -0.39 is 6.64 Å². The molecule has 0 radical (unpaired) electrons. The first-order chi connectivity index (χ1) is 8.81. The van der Waals surface area contributed by atoms with Crippen molar-refractivity contribution in [2.45, 2.75) is 52.7 Å². The molecule has 20 heavy (non-hydrogen) atoms. The van der Waals surface area contributed by atoms with Gasteiger partial charge in [0.1, 0.15) is 0 Å². The van der Waals surface area contributed by atoms with Gasteiger partial charge in [0.2, 0.25) is 5.96 Å². The number of hydrogen-bond acceptors (Lipinski definition) is 3. The van der Waals surface area contributed by atoms with Gasteiger partial charge in [-0.05, 0) is 53.3 Å². The molecular weight excluding hydrogens is 293 g/mol. The topological polar surface area (TPSA) is 37.3 Å². The van der Waals surface area contributed by atoms with Crippen molar-refractivity contribution in [3.05, 3.63) is 0 Å². The first-order valence-electron chi connectivity index (χ1n) is 6.85. The molecule has 1 heterocycles. The molecule has 0 atom stereocenters. The van der Waals surface area contributed by atoms with Gasteiger partial charge in [-0.2, -0.15) is 4.76 Å². The van der Waals surface area contributed by atoms with Gasteiger partial charge in [-0.15, -0.1) is 0 Å². The molecule has 0 aromatic heterocycles. The Morgan fingerprint density at radius 3 is 1.60 bits per heavy atom. The predicted octanol–water partition coefficient (Wildman–Crippen LogP) is 3.07. The normalized spacial score (nSPS) is 17.9. The van der Waals surface area contributed by atoms with Crippen LogP contribution in [0.15, 0.2) is 4.76 Å². The van der Waals surface area contributed by atoms with E-state index in [2.05, 4.69) is 9.80 Å². The van der Waals surface area contributed by atoms with Crippen LogP contribution in [0.5, 0.6) is 0 Å². The van der Waals surface area contributed by atoms with Gasteiger partial charge in [-0.1, -0.05) is 0 Å². The van der Waals surface area contributed by atoms with Gasteiger partial charge in [-0.3, -0.25) is 0 Å². The van der Waals surface area contributed by atoms with E-state index in [9.17, 15) is 0 Å². The Balaban J connectivity index is 3.11. The molecule has 1 aliphatic rings. The standard InChI is InChI=1S/C13H28N3O2PS/c1-12(2,3)17-19(20,18-13(4,5)6)14-11-15(7)9-10-16(11)8/h9-10H2,1-8H3. The Hall–Kier alpha value is -0.160. The molecule has 7 heteroatoms. The molecule has 0 aromatic carbocycles. The second-order valence-electron chi connectivity index (χ2n) is 7.12. The van der Waals surface area contributed by atoms with Crippen molar-refractivity contribution in [3.63, 3.8) is 0 Å². The van der Waals surface area contributed by atoms with Crippen molar-refractivity contribution < 1.29 is 9.05 Å². The van der Waals surface area contributed by atoms with Crippen LogP contribution in [0.3, 0.4) is 0 Å². The molecule has 0 spiro atoms. The Labute approximate surface area is 128 Å². The lowest BCUT2D eigenvalue weighted by atomic mass is 10.2. The van der Waals surface area contributed by atoms with Gasteiger partial charge >= 0.3 is 6.64 Å². The van der Waals surface area contributed by atoms with Gasteiger partial charge in [0.05, 0.1) is 11.2 Å².